The summed E-state index contributed by atoms with van der Waals surface area (Å²) in [6, 6.07) is 8.59. The van der Waals surface area contributed by atoms with Crippen molar-refractivity contribution in [3.63, 3.8) is 0 Å². The minimum Gasteiger partial charge on any atom is -0.337 e. The van der Waals surface area contributed by atoms with E-state index in [4.69, 9.17) is 11.6 Å². The summed E-state index contributed by atoms with van der Waals surface area (Å²) in [5, 5.41) is 16.1. The quantitative estimate of drug-likeness (QED) is 0.635. The van der Waals surface area contributed by atoms with Crippen LogP contribution >= 0.6 is 22.9 Å². The van der Waals surface area contributed by atoms with Gasteiger partial charge in [-0.2, -0.15) is 5.26 Å². The van der Waals surface area contributed by atoms with Crippen molar-refractivity contribution < 1.29 is 4.79 Å². The SMILES string of the molecule is CN1CCc2nc(N/C=C(/C#N)C(=O)Nc3ccc(Cl)cc3)sc2C1. The Morgan fingerprint density at radius 2 is 2.20 bits per heavy atom. The third kappa shape index (κ3) is 4.37. The molecular weight excluding hydrogens is 358 g/mol. The van der Waals surface area contributed by atoms with Crippen LogP contribution in [-0.2, 0) is 17.8 Å². The number of rotatable bonds is 4. The second-order valence-corrected chi connectivity index (χ2v) is 7.17. The largest absolute Gasteiger partial charge is 0.337 e. The van der Waals surface area contributed by atoms with E-state index in [1.165, 1.54) is 11.1 Å². The van der Waals surface area contributed by atoms with Crippen LogP contribution in [0.15, 0.2) is 36.0 Å². The van der Waals surface area contributed by atoms with Gasteiger partial charge in [-0.1, -0.05) is 11.6 Å². The van der Waals surface area contributed by atoms with E-state index >= 15 is 0 Å². The van der Waals surface area contributed by atoms with E-state index in [1.54, 1.807) is 35.6 Å². The van der Waals surface area contributed by atoms with Gasteiger partial charge in [-0.15, -0.1) is 11.3 Å². The molecule has 0 atom stereocenters. The number of hydrogen-bond donors (Lipinski definition) is 2. The normalized spacial score (nSPS) is 14.5. The predicted molar refractivity (Wildman–Crippen MR) is 99.6 cm³/mol. The molecule has 2 heterocycles. The molecule has 0 saturated carbocycles. The van der Waals surface area contributed by atoms with Crippen LogP contribution in [0, 0.1) is 11.3 Å². The summed E-state index contributed by atoms with van der Waals surface area (Å²) < 4.78 is 0. The van der Waals surface area contributed by atoms with Gasteiger partial charge in [0.1, 0.15) is 11.6 Å². The van der Waals surface area contributed by atoms with Gasteiger partial charge in [-0.3, -0.25) is 4.79 Å². The van der Waals surface area contributed by atoms with Crippen molar-refractivity contribution in [3.05, 3.63) is 51.6 Å². The lowest BCUT2D eigenvalue weighted by atomic mass is 10.2. The third-order valence-corrected chi connectivity index (χ3v) is 4.99. The van der Waals surface area contributed by atoms with Crippen molar-refractivity contribution in [3.8, 4) is 6.07 Å². The maximum atomic E-state index is 12.2. The van der Waals surface area contributed by atoms with Gasteiger partial charge in [-0.25, -0.2) is 4.98 Å². The van der Waals surface area contributed by atoms with E-state index in [9.17, 15) is 10.1 Å². The van der Waals surface area contributed by atoms with Crippen molar-refractivity contribution in [2.24, 2.45) is 0 Å². The highest BCUT2D eigenvalue weighted by Gasteiger charge is 2.18. The molecule has 0 saturated heterocycles. The van der Waals surface area contributed by atoms with Crippen LogP contribution in [0.5, 0.6) is 0 Å². The molecule has 1 aromatic heterocycles. The lowest BCUT2D eigenvalue weighted by Crippen LogP contribution is -2.25. The Morgan fingerprint density at radius 3 is 2.92 bits per heavy atom. The summed E-state index contributed by atoms with van der Waals surface area (Å²) in [6.45, 7) is 1.86. The average Bonchev–Trinajstić information content (AvgIpc) is 2.99. The highest BCUT2D eigenvalue weighted by molar-refractivity contribution is 7.15. The molecule has 8 heteroatoms. The number of nitriles is 1. The molecule has 25 heavy (non-hydrogen) atoms. The van der Waals surface area contributed by atoms with Crippen LogP contribution in [0.1, 0.15) is 10.6 Å². The molecule has 2 N–H and O–H groups in total. The Balaban J connectivity index is 1.67. The first kappa shape index (κ1) is 17.4. The maximum Gasteiger partial charge on any atom is 0.267 e. The number of carbonyl (C=O) groups is 1. The maximum absolute atomic E-state index is 12.2. The van der Waals surface area contributed by atoms with Crippen molar-refractivity contribution in [2.45, 2.75) is 13.0 Å². The smallest absolute Gasteiger partial charge is 0.267 e. The van der Waals surface area contributed by atoms with Gasteiger partial charge >= 0.3 is 0 Å². The zero-order valence-electron chi connectivity index (χ0n) is 13.5. The summed E-state index contributed by atoms with van der Waals surface area (Å²) >= 11 is 7.36. The van der Waals surface area contributed by atoms with Crippen LogP contribution in [0.2, 0.25) is 5.02 Å². The van der Waals surface area contributed by atoms with E-state index in [1.807, 2.05) is 6.07 Å². The molecule has 1 aliphatic rings. The minimum absolute atomic E-state index is 0.0276. The molecule has 0 bridgehead atoms. The van der Waals surface area contributed by atoms with E-state index in [2.05, 4.69) is 27.6 Å². The van der Waals surface area contributed by atoms with Gasteiger partial charge in [0.05, 0.1) is 5.69 Å². The Labute approximate surface area is 154 Å². The molecule has 0 radical (unpaired) electrons. The van der Waals surface area contributed by atoms with Gasteiger partial charge in [0, 0.05) is 41.3 Å². The molecule has 1 aliphatic heterocycles. The molecule has 1 amide bonds. The van der Waals surface area contributed by atoms with E-state index < -0.39 is 5.91 Å². The van der Waals surface area contributed by atoms with E-state index in [0.717, 1.165) is 25.2 Å². The zero-order chi connectivity index (χ0) is 17.8. The standard InChI is InChI=1S/C17H16ClN5OS/c1-23-7-6-14-15(10-23)25-17(22-14)20-9-11(8-19)16(24)21-13-4-2-12(18)3-5-13/h2-5,9H,6-7,10H2,1H3,(H,20,22)(H,21,24)/b11-9-. The van der Waals surface area contributed by atoms with Crippen molar-refractivity contribution in [1.29, 1.82) is 5.26 Å². The summed E-state index contributed by atoms with van der Waals surface area (Å²) in [5.74, 6) is -0.488. The van der Waals surface area contributed by atoms with E-state index in [-0.39, 0.29) is 5.57 Å². The third-order valence-electron chi connectivity index (χ3n) is 3.73. The molecule has 2 aromatic rings. The number of halogens is 1. The van der Waals surface area contributed by atoms with Gasteiger partial charge < -0.3 is 15.5 Å². The lowest BCUT2D eigenvalue weighted by Gasteiger charge is -2.20. The Hall–Kier alpha value is -2.40. The lowest BCUT2D eigenvalue weighted by molar-refractivity contribution is -0.112. The second kappa shape index (κ2) is 7.66. The highest BCUT2D eigenvalue weighted by Crippen LogP contribution is 2.27. The first-order valence-electron chi connectivity index (χ1n) is 7.66. The summed E-state index contributed by atoms with van der Waals surface area (Å²) in [6.07, 6.45) is 2.30. The molecule has 0 spiro atoms. The summed E-state index contributed by atoms with van der Waals surface area (Å²) in [5.41, 5.74) is 1.63. The number of benzene rings is 1. The number of thiazole rings is 1. The van der Waals surface area contributed by atoms with Crippen molar-refractivity contribution >= 4 is 39.7 Å². The Bertz CT molecular complexity index is 853. The number of fused-ring (bicyclic) bond motifs is 1. The average molecular weight is 374 g/mol. The molecule has 128 valence electrons. The number of nitrogens with one attached hydrogen (secondary N) is 2. The number of likely N-dealkylation sites (N-methyl/N-ethyl adjacent to an activating group) is 1. The van der Waals surface area contributed by atoms with Crippen LogP contribution in [0.4, 0.5) is 10.8 Å². The summed E-state index contributed by atoms with van der Waals surface area (Å²) in [4.78, 5) is 20.2. The highest BCUT2D eigenvalue weighted by atomic mass is 35.5. The number of anilines is 2. The van der Waals surface area contributed by atoms with Gasteiger partial charge in [-0.05, 0) is 31.3 Å². The topological polar surface area (TPSA) is 81.1 Å². The van der Waals surface area contributed by atoms with Gasteiger partial charge in [0.25, 0.3) is 5.91 Å². The first-order chi connectivity index (χ1) is 12.0. The zero-order valence-corrected chi connectivity index (χ0v) is 15.1. The number of nitrogens with zero attached hydrogens (tertiary/aromatic N) is 3. The molecule has 6 nitrogen and oxygen atoms in total. The molecule has 1 aromatic carbocycles. The number of aromatic nitrogens is 1. The van der Waals surface area contributed by atoms with Crippen LogP contribution in [-0.4, -0.2) is 29.4 Å². The molecular formula is C17H16ClN5OS. The predicted octanol–water partition coefficient (Wildman–Crippen LogP) is 3.24. The Morgan fingerprint density at radius 1 is 1.44 bits per heavy atom. The van der Waals surface area contributed by atoms with Gasteiger partial charge in [0.2, 0.25) is 0 Å². The fourth-order valence-corrected chi connectivity index (χ4v) is 3.58. The molecule has 3 rings (SSSR count). The van der Waals surface area contributed by atoms with Crippen molar-refractivity contribution in [1.82, 2.24) is 9.88 Å². The Kier molecular flexibility index (Phi) is 5.34. The van der Waals surface area contributed by atoms with Crippen LogP contribution in [0.25, 0.3) is 0 Å². The van der Waals surface area contributed by atoms with Crippen LogP contribution in [0.3, 0.4) is 0 Å². The summed E-state index contributed by atoms with van der Waals surface area (Å²) in [7, 11) is 2.07. The van der Waals surface area contributed by atoms with Crippen LogP contribution < -0.4 is 10.6 Å². The number of carbonyl (C=O) groups excluding carboxylic acids is 1. The number of hydrogen-bond acceptors (Lipinski definition) is 6. The second-order valence-electron chi connectivity index (χ2n) is 5.65. The minimum atomic E-state index is -0.488. The fraction of sp³-hybridized carbons (Fsp3) is 0.235. The molecule has 0 aliphatic carbocycles. The fourth-order valence-electron chi connectivity index (χ4n) is 2.40. The molecule has 0 fully saturated rings. The monoisotopic (exact) mass is 373 g/mol. The molecule has 0 unspecified atom stereocenters. The van der Waals surface area contributed by atoms with Gasteiger partial charge in [0.15, 0.2) is 5.13 Å². The van der Waals surface area contributed by atoms with Crippen molar-refractivity contribution in [2.75, 3.05) is 24.2 Å². The first-order valence-corrected chi connectivity index (χ1v) is 8.85. The van der Waals surface area contributed by atoms with E-state index in [0.29, 0.717) is 15.8 Å². The number of amides is 1.